The van der Waals surface area contributed by atoms with Crippen molar-refractivity contribution >= 4 is 0 Å². The minimum atomic E-state index is -5.42. The van der Waals surface area contributed by atoms with Gasteiger partial charge in [-0.2, -0.15) is 22.0 Å². The van der Waals surface area contributed by atoms with Crippen LogP contribution in [0.5, 0.6) is 0 Å². The zero-order valence-electron chi connectivity index (χ0n) is 16.9. The maximum Gasteiger partial charge on any atom is 0.453 e. The minimum Gasteiger partial charge on any atom is -0.381 e. The highest BCUT2D eigenvalue weighted by atomic mass is 19.4. The number of fused-ring (bicyclic) bond motifs is 1. The van der Waals surface area contributed by atoms with Crippen LogP contribution in [0.1, 0.15) is 83.5 Å². The van der Waals surface area contributed by atoms with Gasteiger partial charge in [-0.25, -0.2) is 0 Å². The predicted molar refractivity (Wildman–Crippen MR) is 98.5 cm³/mol. The molecule has 2 aliphatic carbocycles. The quantitative estimate of drug-likeness (QED) is 0.270. The molecule has 2 fully saturated rings. The fourth-order valence-corrected chi connectivity index (χ4v) is 4.72. The molecule has 0 aromatic rings. The van der Waals surface area contributed by atoms with Gasteiger partial charge in [0.2, 0.25) is 0 Å². The van der Waals surface area contributed by atoms with E-state index in [1.54, 1.807) is 7.11 Å². The molecule has 0 heterocycles. The third-order valence-electron chi connectivity index (χ3n) is 6.50. The summed E-state index contributed by atoms with van der Waals surface area (Å²) in [4.78, 5) is 0. The Hall–Kier alpha value is -0.430. The zero-order valence-corrected chi connectivity index (χ0v) is 16.9. The summed E-state index contributed by atoms with van der Waals surface area (Å²) in [6.07, 6.45) is 5.05. The molecule has 0 amide bonds. The summed E-state index contributed by atoms with van der Waals surface area (Å²) in [7, 11) is 1.80. The van der Waals surface area contributed by atoms with E-state index in [0.717, 1.165) is 57.0 Å². The second-order valence-corrected chi connectivity index (χ2v) is 8.57. The van der Waals surface area contributed by atoms with Gasteiger partial charge in [0.25, 0.3) is 0 Å². The van der Waals surface area contributed by atoms with Crippen LogP contribution in [0.2, 0.25) is 0 Å². The summed E-state index contributed by atoms with van der Waals surface area (Å²) in [5, 5.41) is 0. The number of rotatable bonds is 11. The van der Waals surface area contributed by atoms with Crippen molar-refractivity contribution in [3.63, 3.8) is 0 Å². The van der Waals surface area contributed by atoms with Crippen molar-refractivity contribution < 1.29 is 31.4 Å². The average molecular weight is 414 g/mol. The molecule has 2 aliphatic rings. The lowest BCUT2D eigenvalue weighted by Crippen LogP contribution is -2.36. The van der Waals surface area contributed by atoms with Crippen molar-refractivity contribution in [3.05, 3.63) is 0 Å². The van der Waals surface area contributed by atoms with Gasteiger partial charge in [-0.1, -0.05) is 25.7 Å². The fourth-order valence-electron chi connectivity index (χ4n) is 4.72. The molecule has 0 aliphatic heterocycles. The van der Waals surface area contributed by atoms with Gasteiger partial charge in [-0.15, -0.1) is 0 Å². The van der Waals surface area contributed by atoms with Crippen LogP contribution in [0.4, 0.5) is 22.0 Å². The number of unbranched alkanes of at least 4 members (excludes halogenated alkanes) is 5. The lowest BCUT2D eigenvalue weighted by molar-refractivity contribution is -0.284. The smallest absolute Gasteiger partial charge is 0.381 e. The van der Waals surface area contributed by atoms with Crippen molar-refractivity contribution in [1.29, 1.82) is 0 Å². The van der Waals surface area contributed by atoms with E-state index in [9.17, 15) is 22.0 Å². The van der Waals surface area contributed by atoms with Crippen LogP contribution < -0.4 is 0 Å². The van der Waals surface area contributed by atoms with Gasteiger partial charge in [0.1, 0.15) is 0 Å². The monoisotopic (exact) mass is 414 g/mol. The second kappa shape index (κ2) is 11.1. The van der Waals surface area contributed by atoms with Crippen LogP contribution in [0.15, 0.2) is 0 Å². The van der Waals surface area contributed by atoms with Crippen molar-refractivity contribution in [2.24, 2.45) is 11.8 Å². The molecular weight excluding hydrogens is 379 g/mol. The van der Waals surface area contributed by atoms with Gasteiger partial charge >= 0.3 is 12.1 Å². The first-order valence-electron chi connectivity index (χ1n) is 10.8. The summed E-state index contributed by atoms with van der Waals surface area (Å²) in [5.74, 6) is -3.01. The largest absolute Gasteiger partial charge is 0.453 e. The maximum absolute atomic E-state index is 12.8. The summed E-state index contributed by atoms with van der Waals surface area (Å²) >= 11 is 0. The van der Waals surface area contributed by atoms with Gasteiger partial charge in [0.15, 0.2) is 0 Å². The third-order valence-corrected chi connectivity index (χ3v) is 6.50. The van der Waals surface area contributed by atoms with Gasteiger partial charge in [0, 0.05) is 20.1 Å². The van der Waals surface area contributed by atoms with Crippen LogP contribution in [0.3, 0.4) is 0 Å². The van der Waals surface area contributed by atoms with Crippen LogP contribution in [-0.4, -0.2) is 38.0 Å². The van der Waals surface area contributed by atoms with Crippen molar-refractivity contribution in [2.45, 2.75) is 108 Å². The summed E-state index contributed by atoms with van der Waals surface area (Å²) in [6.45, 7) is 0.717. The molecular formula is C21H35F5O2. The Morgan fingerprint density at radius 2 is 1.25 bits per heavy atom. The number of alkyl halides is 5. The van der Waals surface area contributed by atoms with E-state index < -0.39 is 18.5 Å². The molecule has 4 unspecified atom stereocenters. The number of methoxy groups -OCH3 is 1. The van der Waals surface area contributed by atoms with Crippen LogP contribution in [0, 0.1) is 11.8 Å². The topological polar surface area (TPSA) is 18.5 Å². The molecule has 0 aromatic carbocycles. The van der Waals surface area contributed by atoms with Crippen LogP contribution >= 0.6 is 0 Å². The Kier molecular flexibility index (Phi) is 9.45. The Bertz CT molecular complexity index is 441. The van der Waals surface area contributed by atoms with E-state index in [1.165, 1.54) is 19.3 Å². The van der Waals surface area contributed by atoms with E-state index in [2.05, 4.69) is 0 Å². The van der Waals surface area contributed by atoms with E-state index >= 15 is 0 Å². The summed E-state index contributed by atoms with van der Waals surface area (Å²) in [5.41, 5.74) is 0. The SMILES string of the molecule is COC1CCC2CC(OCCCCCCCCC(F)(F)C(F)(F)F)CCC2C1. The van der Waals surface area contributed by atoms with E-state index in [1.807, 2.05) is 0 Å². The molecule has 0 aromatic heterocycles. The average Bonchev–Trinajstić information content (AvgIpc) is 2.65. The molecule has 0 N–H and O–H groups in total. The number of ether oxygens (including phenoxy) is 2. The Morgan fingerprint density at radius 3 is 1.86 bits per heavy atom. The molecule has 7 heteroatoms. The minimum absolute atomic E-state index is 0.0857. The molecule has 2 saturated carbocycles. The molecule has 0 spiro atoms. The molecule has 28 heavy (non-hydrogen) atoms. The van der Waals surface area contributed by atoms with Crippen molar-refractivity contribution in [2.75, 3.05) is 13.7 Å². The van der Waals surface area contributed by atoms with Crippen molar-refractivity contribution in [3.8, 4) is 0 Å². The van der Waals surface area contributed by atoms with Gasteiger partial charge < -0.3 is 9.47 Å². The van der Waals surface area contributed by atoms with Gasteiger partial charge in [-0.3, -0.25) is 0 Å². The first-order valence-corrected chi connectivity index (χ1v) is 10.8. The van der Waals surface area contributed by atoms with Gasteiger partial charge in [0.05, 0.1) is 12.2 Å². The Labute approximate surface area is 165 Å². The first kappa shape index (κ1) is 23.8. The molecule has 0 saturated heterocycles. The van der Waals surface area contributed by atoms with E-state index in [4.69, 9.17) is 9.47 Å². The molecule has 4 atom stereocenters. The van der Waals surface area contributed by atoms with Gasteiger partial charge in [-0.05, 0) is 63.2 Å². The zero-order chi connectivity index (χ0) is 20.6. The van der Waals surface area contributed by atoms with E-state index in [-0.39, 0.29) is 6.42 Å². The highest BCUT2D eigenvalue weighted by Gasteiger charge is 2.56. The summed E-state index contributed by atoms with van der Waals surface area (Å²) < 4.78 is 73.3. The predicted octanol–water partition coefficient (Wildman–Crippen LogP) is 6.92. The fraction of sp³-hybridized carbons (Fsp3) is 1.00. The molecule has 2 nitrogen and oxygen atoms in total. The molecule has 0 radical (unpaired) electrons. The van der Waals surface area contributed by atoms with Crippen molar-refractivity contribution in [1.82, 2.24) is 0 Å². The second-order valence-electron chi connectivity index (χ2n) is 8.57. The first-order chi connectivity index (χ1) is 13.2. The highest BCUT2D eigenvalue weighted by Crippen LogP contribution is 2.42. The number of hydrogen-bond acceptors (Lipinski definition) is 2. The van der Waals surface area contributed by atoms with E-state index in [0.29, 0.717) is 25.0 Å². The third kappa shape index (κ3) is 7.43. The Morgan fingerprint density at radius 1 is 0.714 bits per heavy atom. The summed E-state index contributed by atoms with van der Waals surface area (Å²) in [6, 6.07) is 0. The standard InChI is InChI=1S/C21H35F5O2/c1-27-18-10-8-17-15-19(11-9-16(17)14-18)28-13-7-5-3-2-4-6-12-20(22,23)21(24,25)26/h16-19H,2-15H2,1H3. The highest BCUT2D eigenvalue weighted by molar-refractivity contribution is 4.87. The molecule has 166 valence electrons. The number of hydrogen-bond donors (Lipinski definition) is 0. The maximum atomic E-state index is 12.8. The van der Waals surface area contributed by atoms with Crippen LogP contribution in [-0.2, 0) is 9.47 Å². The molecule has 2 rings (SSSR count). The lowest BCUT2D eigenvalue weighted by atomic mass is 9.69. The number of halogens is 5. The normalized spacial score (nSPS) is 28.9. The Balaban J connectivity index is 1.45. The van der Waals surface area contributed by atoms with Crippen LogP contribution in [0.25, 0.3) is 0 Å². The lowest BCUT2D eigenvalue weighted by Gasteiger charge is -2.41. The molecule has 0 bridgehead atoms.